The molecule has 2 aromatic carbocycles. The van der Waals surface area contributed by atoms with Crippen molar-refractivity contribution in [3.63, 3.8) is 0 Å². The smallest absolute Gasteiger partial charge is 0.227 e. The van der Waals surface area contributed by atoms with E-state index in [4.69, 9.17) is 10.00 Å². The monoisotopic (exact) mass is 349 g/mol. The van der Waals surface area contributed by atoms with E-state index < -0.39 is 0 Å². The maximum atomic E-state index is 12.1. The first-order valence-corrected chi connectivity index (χ1v) is 8.34. The van der Waals surface area contributed by atoms with Crippen molar-refractivity contribution in [1.29, 1.82) is 5.26 Å². The molecule has 1 N–H and O–H groups in total. The third kappa shape index (κ3) is 3.83. The predicted octanol–water partition coefficient (Wildman–Crippen LogP) is 2.24. The van der Waals surface area contributed by atoms with Crippen molar-refractivity contribution in [2.45, 2.75) is 13.0 Å². The summed E-state index contributed by atoms with van der Waals surface area (Å²) in [5.74, 6) is 0.197. The summed E-state index contributed by atoms with van der Waals surface area (Å²) in [4.78, 5) is 25.5. The number of amides is 2. The van der Waals surface area contributed by atoms with E-state index in [1.807, 2.05) is 24.3 Å². The molecule has 0 saturated carbocycles. The fourth-order valence-corrected chi connectivity index (χ4v) is 2.96. The molecule has 1 atom stereocenters. The summed E-state index contributed by atoms with van der Waals surface area (Å²) in [6.07, 6.45) is 0.229. The molecule has 3 rings (SSSR count). The van der Waals surface area contributed by atoms with Gasteiger partial charge in [0.05, 0.1) is 17.6 Å². The minimum Gasteiger partial charge on any atom is -0.489 e. The molecular weight excluding hydrogens is 330 g/mol. The van der Waals surface area contributed by atoms with E-state index >= 15 is 0 Å². The van der Waals surface area contributed by atoms with Crippen LogP contribution in [0.25, 0.3) is 0 Å². The zero-order valence-electron chi connectivity index (χ0n) is 14.4. The maximum absolute atomic E-state index is 12.1. The van der Waals surface area contributed by atoms with Crippen molar-refractivity contribution < 1.29 is 14.3 Å². The van der Waals surface area contributed by atoms with E-state index in [-0.39, 0.29) is 24.2 Å². The highest BCUT2D eigenvalue weighted by Crippen LogP contribution is 2.27. The minimum atomic E-state index is -0.309. The van der Waals surface area contributed by atoms with Gasteiger partial charge in [0.2, 0.25) is 11.8 Å². The van der Waals surface area contributed by atoms with E-state index in [1.54, 1.807) is 36.2 Å². The Morgan fingerprint density at radius 3 is 2.77 bits per heavy atom. The van der Waals surface area contributed by atoms with Crippen LogP contribution in [-0.2, 0) is 16.2 Å². The second kappa shape index (κ2) is 7.70. The number of anilines is 1. The molecule has 26 heavy (non-hydrogen) atoms. The van der Waals surface area contributed by atoms with E-state index in [0.29, 0.717) is 24.5 Å². The van der Waals surface area contributed by atoms with Gasteiger partial charge in [0.1, 0.15) is 12.4 Å². The Bertz CT molecular complexity index is 855. The molecule has 6 nitrogen and oxygen atoms in total. The molecule has 2 aromatic rings. The quantitative estimate of drug-likeness (QED) is 0.897. The highest BCUT2D eigenvalue weighted by atomic mass is 16.5. The Kier molecular flexibility index (Phi) is 5.18. The molecule has 1 aliphatic rings. The third-order valence-electron chi connectivity index (χ3n) is 4.35. The van der Waals surface area contributed by atoms with Crippen LogP contribution in [0.2, 0.25) is 0 Å². The SMILES string of the molecule is CNC(=O)[C@H]1CC(=O)N(c2ccc(OCc3cccc(C#N)c3)cc2)C1. The average molecular weight is 349 g/mol. The Morgan fingerprint density at radius 1 is 1.31 bits per heavy atom. The van der Waals surface area contributed by atoms with Gasteiger partial charge in [-0.2, -0.15) is 5.26 Å². The first-order valence-electron chi connectivity index (χ1n) is 8.34. The fraction of sp³-hybridized carbons (Fsp3) is 0.250. The highest BCUT2D eigenvalue weighted by molar-refractivity contribution is 6.00. The normalized spacial score (nSPS) is 16.2. The van der Waals surface area contributed by atoms with E-state index in [1.165, 1.54) is 0 Å². The molecule has 2 amide bonds. The number of ether oxygens (including phenoxy) is 1. The van der Waals surface area contributed by atoms with Gasteiger partial charge >= 0.3 is 0 Å². The Balaban J connectivity index is 1.62. The lowest BCUT2D eigenvalue weighted by Gasteiger charge is -2.17. The summed E-state index contributed by atoms with van der Waals surface area (Å²) < 4.78 is 5.74. The standard InChI is InChI=1S/C20H19N3O3/c1-22-20(25)16-10-19(24)23(12-16)17-5-7-18(8-6-17)26-13-15-4-2-3-14(9-15)11-21/h2-9,16H,10,12-13H2,1H3,(H,22,25)/t16-/m0/s1. The van der Waals surface area contributed by atoms with Crippen molar-refractivity contribution in [2.75, 3.05) is 18.5 Å². The number of carbonyl (C=O) groups is 2. The number of rotatable bonds is 5. The summed E-state index contributed by atoms with van der Waals surface area (Å²) in [6.45, 7) is 0.746. The number of nitriles is 1. The zero-order chi connectivity index (χ0) is 18.5. The van der Waals surface area contributed by atoms with Gasteiger partial charge in [-0.1, -0.05) is 12.1 Å². The summed E-state index contributed by atoms with van der Waals surface area (Å²) >= 11 is 0. The Labute approximate surface area is 152 Å². The molecule has 1 aliphatic heterocycles. The second-order valence-electron chi connectivity index (χ2n) is 6.11. The lowest BCUT2D eigenvalue weighted by Crippen LogP contribution is -2.30. The number of hydrogen-bond donors (Lipinski definition) is 1. The third-order valence-corrected chi connectivity index (χ3v) is 4.35. The van der Waals surface area contributed by atoms with Crippen molar-refractivity contribution >= 4 is 17.5 Å². The molecule has 0 bridgehead atoms. The summed E-state index contributed by atoms with van der Waals surface area (Å²) in [7, 11) is 1.58. The number of carbonyl (C=O) groups excluding carboxylic acids is 2. The van der Waals surface area contributed by atoms with Crippen molar-refractivity contribution in [3.8, 4) is 11.8 Å². The molecule has 1 saturated heterocycles. The molecule has 0 radical (unpaired) electrons. The number of hydrogen-bond acceptors (Lipinski definition) is 4. The molecule has 0 aliphatic carbocycles. The van der Waals surface area contributed by atoms with Gasteiger partial charge in [-0.15, -0.1) is 0 Å². The van der Waals surface area contributed by atoms with Crippen LogP contribution in [0.15, 0.2) is 48.5 Å². The van der Waals surface area contributed by atoms with Gasteiger partial charge < -0.3 is 15.0 Å². The van der Waals surface area contributed by atoms with Gasteiger partial charge in [0.25, 0.3) is 0 Å². The van der Waals surface area contributed by atoms with Crippen LogP contribution in [0.3, 0.4) is 0 Å². The van der Waals surface area contributed by atoms with Crippen molar-refractivity contribution in [1.82, 2.24) is 5.32 Å². The molecule has 6 heteroatoms. The van der Waals surface area contributed by atoms with Gasteiger partial charge in [-0.25, -0.2) is 0 Å². The predicted molar refractivity (Wildman–Crippen MR) is 96.5 cm³/mol. The summed E-state index contributed by atoms with van der Waals surface area (Å²) in [5.41, 5.74) is 2.26. The van der Waals surface area contributed by atoms with E-state index in [0.717, 1.165) is 11.3 Å². The number of nitrogens with zero attached hydrogens (tertiary/aromatic N) is 2. The van der Waals surface area contributed by atoms with Crippen LogP contribution in [0, 0.1) is 17.2 Å². The van der Waals surface area contributed by atoms with Crippen LogP contribution in [0.1, 0.15) is 17.5 Å². The first kappa shape index (κ1) is 17.5. The fourth-order valence-electron chi connectivity index (χ4n) is 2.96. The first-order chi connectivity index (χ1) is 12.6. The average Bonchev–Trinajstić information content (AvgIpc) is 3.08. The van der Waals surface area contributed by atoms with Gasteiger partial charge in [-0.3, -0.25) is 9.59 Å². The minimum absolute atomic E-state index is 0.0550. The summed E-state index contributed by atoms with van der Waals surface area (Å²) in [5, 5.41) is 11.5. The van der Waals surface area contributed by atoms with Crippen molar-refractivity contribution in [3.05, 3.63) is 59.7 Å². The number of benzene rings is 2. The largest absolute Gasteiger partial charge is 0.489 e. The molecule has 1 fully saturated rings. The van der Waals surface area contributed by atoms with Crippen LogP contribution in [0.5, 0.6) is 5.75 Å². The van der Waals surface area contributed by atoms with Gasteiger partial charge in [0, 0.05) is 25.7 Å². The van der Waals surface area contributed by atoms with Crippen LogP contribution >= 0.6 is 0 Å². The number of nitrogens with one attached hydrogen (secondary N) is 1. The topological polar surface area (TPSA) is 82.4 Å². The second-order valence-corrected chi connectivity index (χ2v) is 6.11. The van der Waals surface area contributed by atoms with Crippen LogP contribution in [0.4, 0.5) is 5.69 Å². The highest BCUT2D eigenvalue weighted by Gasteiger charge is 2.34. The molecule has 1 heterocycles. The maximum Gasteiger partial charge on any atom is 0.227 e. The molecule has 0 spiro atoms. The van der Waals surface area contributed by atoms with Gasteiger partial charge in [0.15, 0.2) is 0 Å². The molecular formula is C20H19N3O3. The Hall–Kier alpha value is -3.33. The van der Waals surface area contributed by atoms with E-state index in [9.17, 15) is 9.59 Å². The lowest BCUT2D eigenvalue weighted by molar-refractivity contribution is -0.125. The molecule has 0 aromatic heterocycles. The molecule has 132 valence electrons. The van der Waals surface area contributed by atoms with E-state index in [2.05, 4.69) is 11.4 Å². The molecule has 0 unspecified atom stereocenters. The lowest BCUT2D eigenvalue weighted by atomic mass is 10.1. The summed E-state index contributed by atoms with van der Waals surface area (Å²) in [6, 6.07) is 16.6. The van der Waals surface area contributed by atoms with Crippen molar-refractivity contribution in [2.24, 2.45) is 5.92 Å². The van der Waals surface area contributed by atoms with Crippen LogP contribution in [-0.4, -0.2) is 25.4 Å². The Morgan fingerprint density at radius 2 is 2.08 bits per heavy atom. The van der Waals surface area contributed by atoms with Crippen LogP contribution < -0.4 is 15.0 Å². The zero-order valence-corrected chi connectivity index (χ0v) is 14.4. The van der Waals surface area contributed by atoms with Gasteiger partial charge in [-0.05, 0) is 42.0 Å².